The number of nitrogens with zero attached hydrogens (tertiary/aromatic N) is 5. The molecule has 0 unspecified atom stereocenters. The van der Waals surface area contributed by atoms with Crippen molar-refractivity contribution in [3.63, 3.8) is 0 Å². The first kappa shape index (κ1) is 14.0. The first-order valence-corrected chi connectivity index (χ1v) is 6.96. The highest BCUT2D eigenvalue weighted by atomic mass is 16.2. The lowest BCUT2D eigenvalue weighted by Gasteiger charge is -2.04. The number of aromatic nitrogens is 5. The van der Waals surface area contributed by atoms with Crippen LogP contribution in [0.15, 0.2) is 48.8 Å². The molecular weight excluding hydrogens is 280 g/mol. The Bertz CT molecular complexity index is 761. The van der Waals surface area contributed by atoms with E-state index in [9.17, 15) is 4.79 Å². The summed E-state index contributed by atoms with van der Waals surface area (Å²) in [6.45, 7) is 1.03. The van der Waals surface area contributed by atoms with Gasteiger partial charge in [0.25, 0.3) is 5.91 Å². The topological polar surface area (TPSA) is 77.6 Å². The highest BCUT2D eigenvalue weighted by molar-refractivity contribution is 5.92. The minimum absolute atomic E-state index is 0.150. The lowest BCUT2D eigenvalue weighted by atomic mass is 10.2. The molecular formula is C15H16N6O. The lowest BCUT2D eigenvalue weighted by molar-refractivity contribution is 0.0942. The average molecular weight is 296 g/mol. The Morgan fingerprint density at radius 3 is 2.77 bits per heavy atom. The third-order valence-corrected chi connectivity index (χ3v) is 3.29. The van der Waals surface area contributed by atoms with Crippen molar-refractivity contribution in [1.29, 1.82) is 0 Å². The van der Waals surface area contributed by atoms with Gasteiger partial charge < -0.3 is 5.32 Å². The van der Waals surface area contributed by atoms with Crippen molar-refractivity contribution >= 4 is 5.91 Å². The molecule has 0 bridgehead atoms. The number of nitrogens with one attached hydrogen (secondary N) is 1. The first-order chi connectivity index (χ1) is 10.7. The Kier molecular flexibility index (Phi) is 3.95. The standard InChI is InChI=1S/C15H16N6O/c1-20-14(7-8-17-20)15(22)16-9-10-21-11-13(18-19-21)12-5-3-2-4-6-12/h2-8,11H,9-10H2,1H3,(H,16,22). The molecule has 22 heavy (non-hydrogen) atoms. The van der Waals surface area contributed by atoms with E-state index in [-0.39, 0.29) is 5.91 Å². The minimum Gasteiger partial charge on any atom is -0.349 e. The van der Waals surface area contributed by atoms with Gasteiger partial charge in [-0.05, 0) is 6.07 Å². The first-order valence-electron chi connectivity index (χ1n) is 6.96. The molecule has 0 spiro atoms. The van der Waals surface area contributed by atoms with Crippen molar-refractivity contribution in [3.8, 4) is 11.3 Å². The summed E-state index contributed by atoms with van der Waals surface area (Å²) in [4.78, 5) is 11.9. The van der Waals surface area contributed by atoms with Crippen LogP contribution in [-0.4, -0.2) is 37.2 Å². The molecule has 0 aliphatic carbocycles. The summed E-state index contributed by atoms with van der Waals surface area (Å²) in [7, 11) is 1.73. The van der Waals surface area contributed by atoms with Crippen LogP contribution in [0.3, 0.4) is 0 Å². The number of carbonyl (C=O) groups is 1. The Morgan fingerprint density at radius 2 is 2.05 bits per heavy atom. The molecule has 3 aromatic rings. The van der Waals surface area contributed by atoms with E-state index in [0.29, 0.717) is 18.8 Å². The molecule has 0 aliphatic heterocycles. The number of rotatable bonds is 5. The molecule has 2 heterocycles. The average Bonchev–Trinajstić information content (AvgIpc) is 3.17. The molecule has 0 radical (unpaired) electrons. The third kappa shape index (κ3) is 3.03. The molecule has 0 saturated heterocycles. The Morgan fingerprint density at radius 1 is 1.23 bits per heavy atom. The highest BCUT2D eigenvalue weighted by Crippen LogP contribution is 2.14. The van der Waals surface area contributed by atoms with E-state index in [0.717, 1.165) is 11.3 Å². The van der Waals surface area contributed by atoms with Crippen LogP contribution in [0.1, 0.15) is 10.5 Å². The number of aryl methyl sites for hydroxylation is 1. The number of carbonyl (C=O) groups excluding carboxylic acids is 1. The van der Waals surface area contributed by atoms with Crippen molar-refractivity contribution in [2.24, 2.45) is 7.05 Å². The van der Waals surface area contributed by atoms with Crippen molar-refractivity contribution in [1.82, 2.24) is 30.1 Å². The third-order valence-electron chi connectivity index (χ3n) is 3.29. The van der Waals surface area contributed by atoms with Gasteiger partial charge in [-0.15, -0.1) is 5.10 Å². The summed E-state index contributed by atoms with van der Waals surface area (Å²) in [5, 5.41) is 15.0. The molecule has 7 heteroatoms. The summed E-state index contributed by atoms with van der Waals surface area (Å²) in [5.74, 6) is -0.150. The van der Waals surface area contributed by atoms with Crippen molar-refractivity contribution < 1.29 is 4.79 Å². The second-order valence-electron chi connectivity index (χ2n) is 4.83. The molecule has 1 aromatic carbocycles. The Hall–Kier alpha value is -2.96. The van der Waals surface area contributed by atoms with Gasteiger partial charge in [0.1, 0.15) is 11.4 Å². The van der Waals surface area contributed by atoms with E-state index in [2.05, 4.69) is 20.7 Å². The highest BCUT2D eigenvalue weighted by Gasteiger charge is 2.09. The van der Waals surface area contributed by atoms with E-state index < -0.39 is 0 Å². The smallest absolute Gasteiger partial charge is 0.269 e. The van der Waals surface area contributed by atoms with Crippen molar-refractivity contribution in [3.05, 3.63) is 54.5 Å². The zero-order chi connectivity index (χ0) is 15.4. The zero-order valence-electron chi connectivity index (χ0n) is 12.2. The number of hydrogen-bond donors (Lipinski definition) is 1. The van der Waals surface area contributed by atoms with Gasteiger partial charge >= 0.3 is 0 Å². The number of amides is 1. The van der Waals surface area contributed by atoms with Crippen LogP contribution < -0.4 is 5.32 Å². The van der Waals surface area contributed by atoms with Crippen LogP contribution in [0.2, 0.25) is 0 Å². The van der Waals surface area contributed by atoms with Gasteiger partial charge in [-0.3, -0.25) is 14.2 Å². The van der Waals surface area contributed by atoms with Crippen LogP contribution >= 0.6 is 0 Å². The molecule has 1 N–H and O–H groups in total. The van der Waals surface area contributed by atoms with Gasteiger partial charge in [0.2, 0.25) is 0 Å². The molecule has 3 rings (SSSR count). The molecule has 112 valence electrons. The fourth-order valence-electron chi connectivity index (χ4n) is 2.12. The normalized spacial score (nSPS) is 10.6. The van der Waals surface area contributed by atoms with Gasteiger partial charge in [0.05, 0.1) is 12.7 Å². The minimum atomic E-state index is -0.150. The van der Waals surface area contributed by atoms with Crippen LogP contribution in [0.4, 0.5) is 0 Å². The van der Waals surface area contributed by atoms with E-state index in [1.54, 1.807) is 24.0 Å². The summed E-state index contributed by atoms with van der Waals surface area (Å²) < 4.78 is 3.25. The summed E-state index contributed by atoms with van der Waals surface area (Å²) in [6.07, 6.45) is 3.46. The lowest BCUT2D eigenvalue weighted by Crippen LogP contribution is -2.29. The maximum atomic E-state index is 11.9. The second-order valence-corrected chi connectivity index (χ2v) is 4.83. The van der Waals surface area contributed by atoms with E-state index in [4.69, 9.17) is 0 Å². The predicted molar refractivity (Wildman–Crippen MR) is 81.0 cm³/mol. The van der Waals surface area contributed by atoms with Gasteiger partial charge in [-0.2, -0.15) is 5.10 Å². The SMILES string of the molecule is Cn1nccc1C(=O)NCCn1cc(-c2ccccc2)nn1. The van der Waals surface area contributed by atoms with Gasteiger partial charge in [-0.1, -0.05) is 35.5 Å². The predicted octanol–water partition coefficient (Wildman–Crippen LogP) is 1.11. The molecule has 1 amide bonds. The maximum absolute atomic E-state index is 11.9. The number of hydrogen-bond acceptors (Lipinski definition) is 4. The summed E-state index contributed by atoms with van der Waals surface area (Å²) >= 11 is 0. The fourth-order valence-corrected chi connectivity index (χ4v) is 2.12. The largest absolute Gasteiger partial charge is 0.349 e. The Balaban J connectivity index is 1.56. The van der Waals surface area contributed by atoms with E-state index in [1.165, 1.54) is 4.68 Å². The van der Waals surface area contributed by atoms with Gasteiger partial charge in [-0.25, -0.2) is 0 Å². The van der Waals surface area contributed by atoms with Crippen LogP contribution in [0.25, 0.3) is 11.3 Å². The molecule has 7 nitrogen and oxygen atoms in total. The van der Waals surface area contributed by atoms with Crippen LogP contribution in [-0.2, 0) is 13.6 Å². The van der Waals surface area contributed by atoms with E-state index in [1.807, 2.05) is 36.5 Å². The molecule has 0 aliphatic rings. The fraction of sp³-hybridized carbons (Fsp3) is 0.200. The van der Waals surface area contributed by atoms with Crippen LogP contribution in [0, 0.1) is 0 Å². The molecule has 2 aromatic heterocycles. The Labute approximate surface area is 127 Å². The van der Waals surface area contributed by atoms with Crippen LogP contribution in [0.5, 0.6) is 0 Å². The zero-order valence-corrected chi connectivity index (χ0v) is 12.2. The monoisotopic (exact) mass is 296 g/mol. The van der Waals surface area contributed by atoms with Crippen molar-refractivity contribution in [2.75, 3.05) is 6.54 Å². The molecule has 0 saturated carbocycles. The number of benzene rings is 1. The van der Waals surface area contributed by atoms with Crippen molar-refractivity contribution in [2.45, 2.75) is 6.54 Å². The molecule has 0 fully saturated rings. The van der Waals surface area contributed by atoms with Gasteiger partial charge in [0.15, 0.2) is 0 Å². The summed E-state index contributed by atoms with van der Waals surface area (Å²) in [5.41, 5.74) is 2.37. The quantitative estimate of drug-likeness (QED) is 0.765. The second kappa shape index (κ2) is 6.21. The maximum Gasteiger partial charge on any atom is 0.269 e. The summed E-state index contributed by atoms with van der Waals surface area (Å²) in [6, 6.07) is 11.5. The van der Waals surface area contributed by atoms with E-state index >= 15 is 0 Å². The van der Waals surface area contributed by atoms with Gasteiger partial charge in [0, 0.05) is 25.4 Å². The molecule has 0 atom stereocenters.